The number of piperazine rings is 1. The van der Waals surface area contributed by atoms with Crippen LogP contribution in [0, 0.1) is 12.8 Å². The average Bonchev–Trinajstić information content (AvgIpc) is 2.77. The summed E-state index contributed by atoms with van der Waals surface area (Å²) in [5.74, 6) is 0.928. The molecule has 0 aliphatic carbocycles. The Bertz CT molecular complexity index is 511. The predicted molar refractivity (Wildman–Crippen MR) is 70.7 cm³/mol. The van der Waals surface area contributed by atoms with Crippen molar-refractivity contribution in [1.29, 1.82) is 0 Å². The standard InChI is InChI=1S/C13H20N4O3/c1-7(2)11-12(18)14-8(3)13(19)17(11)6-5-10-15-9(4)16-20-10/h7-8,11H,5-6H2,1-4H3,(H,14,18). The van der Waals surface area contributed by atoms with Gasteiger partial charge in [0, 0.05) is 13.0 Å². The van der Waals surface area contributed by atoms with Crippen molar-refractivity contribution in [2.45, 2.75) is 46.2 Å². The molecule has 2 atom stereocenters. The minimum Gasteiger partial charge on any atom is -0.343 e. The molecule has 0 bridgehead atoms. The number of hydrogen-bond donors (Lipinski definition) is 1. The highest BCUT2D eigenvalue weighted by molar-refractivity contribution is 5.96. The second-order valence-corrected chi connectivity index (χ2v) is 5.44. The third-order valence-corrected chi connectivity index (χ3v) is 3.38. The normalized spacial score (nSPS) is 23.4. The van der Waals surface area contributed by atoms with Crippen molar-refractivity contribution in [3.8, 4) is 0 Å². The summed E-state index contributed by atoms with van der Waals surface area (Å²) in [5.41, 5.74) is 0. The van der Waals surface area contributed by atoms with Crippen LogP contribution in [0.25, 0.3) is 0 Å². The van der Waals surface area contributed by atoms with Gasteiger partial charge in [0.15, 0.2) is 5.82 Å². The van der Waals surface area contributed by atoms with Crippen molar-refractivity contribution < 1.29 is 14.1 Å². The lowest BCUT2D eigenvalue weighted by Gasteiger charge is -2.39. The van der Waals surface area contributed by atoms with E-state index < -0.39 is 12.1 Å². The summed E-state index contributed by atoms with van der Waals surface area (Å²) in [7, 11) is 0. The lowest BCUT2D eigenvalue weighted by molar-refractivity contribution is -0.150. The van der Waals surface area contributed by atoms with E-state index in [1.165, 1.54) is 0 Å². The van der Waals surface area contributed by atoms with Gasteiger partial charge in [-0.1, -0.05) is 19.0 Å². The predicted octanol–water partition coefficient (Wildman–Crippen LogP) is 0.292. The van der Waals surface area contributed by atoms with Gasteiger partial charge in [-0.05, 0) is 19.8 Å². The van der Waals surface area contributed by atoms with Gasteiger partial charge in [-0.15, -0.1) is 0 Å². The van der Waals surface area contributed by atoms with Gasteiger partial charge in [0.05, 0.1) is 0 Å². The van der Waals surface area contributed by atoms with Crippen molar-refractivity contribution in [1.82, 2.24) is 20.4 Å². The zero-order valence-electron chi connectivity index (χ0n) is 12.2. The molecule has 1 aromatic rings. The van der Waals surface area contributed by atoms with Crippen LogP contribution in [0.15, 0.2) is 4.52 Å². The Labute approximate surface area is 117 Å². The van der Waals surface area contributed by atoms with Crippen LogP contribution in [0.3, 0.4) is 0 Å². The summed E-state index contributed by atoms with van der Waals surface area (Å²) < 4.78 is 5.04. The number of amides is 2. The number of hydrogen-bond acceptors (Lipinski definition) is 5. The van der Waals surface area contributed by atoms with Crippen LogP contribution in [0.2, 0.25) is 0 Å². The molecule has 2 rings (SSSR count). The highest BCUT2D eigenvalue weighted by Crippen LogP contribution is 2.18. The van der Waals surface area contributed by atoms with Crippen molar-refractivity contribution in [3.05, 3.63) is 11.7 Å². The van der Waals surface area contributed by atoms with Gasteiger partial charge >= 0.3 is 0 Å². The van der Waals surface area contributed by atoms with Crippen LogP contribution < -0.4 is 5.32 Å². The number of carbonyl (C=O) groups is 2. The molecule has 20 heavy (non-hydrogen) atoms. The van der Waals surface area contributed by atoms with E-state index in [1.807, 2.05) is 13.8 Å². The van der Waals surface area contributed by atoms with Gasteiger partial charge in [0.1, 0.15) is 12.1 Å². The second kappa shape index (κ2) is 5.60. The summed E-state index contributed by atoms with van der Waals surface area (Å²) in [4.78, 5) is 30.0. The largest absolute Gasteiger partial charge is 0.343 e. The average molecular weight is 280 g/mol. The number of nitrogens with zero attached hydrogens (tertiary/aromatic N) is 3. The Morgan fingerprint density at radius 2 is 2.10 bits per heavy atom. The number of carbonyl (C=O) groups excluding carboxylic acids is 2. The fourth-order valence-corrected chi connectivity index (χ4v) is 2.46. The first-order chi connectivity index (χ1) is 9.40. The molecule has 1 fully saturated rings. The molecule has 0 aromatic carbocycles. The number of rotatable bonds is 4. The Kier molecular flexibility index (Phi) is 4.06. The SMILES string of the molecule is Cc1noc(CCN2C(=O)C(C)NC(=O)C2C(C)C)n1. The minimum absolute atomic E-state index is 0.0517. The molecular formula is C13H20N4O3. The van der Waals surface area contributed by atoms with Crippen molar-refractivity contribution in [3.63, 3.8) is 0 Å². The van der Waals surface area contributed by atoms with Crippen molar-refractivity contribution in [2.75, 3.05) is 6.54 Å². The smallest absolute Gasteiger partial charge is 0.245 e. The van der Waals surface area contributed by atoms with E-state index in [-0.39, 0.29) is 17.7 Å². The monoisotopic (exact) mass is 280 g/mol. The third-order valence-electron chi connectivity index (χ3n) is 3.38. The first-order valence-corrected chi connectivity index (χ1v) is 6.80. The Morgan fingerprint density at radius 1 is 1.40 bits per heavy atom. The zero-order valence-corrected chi connectivity index (χ0v) is 12.2. The maximum atomic E-state index is 12.3. The molecule has 7 nitrogen and oxygen atoms in total. The molecule has 0 spiro atoms. The molecule has 110 valence electrons. The van der Waals surface area contributed by atoms with Gasteiger partial charge in [-0.25, -0.2) is 0 Å². The molecule has 1 aliphatic rings. The number of nitrogens with one attached hydrogen (secondary N) is 1. The molecule has 1 N–H and O–H groups in total. The fourth-order valence-electron chi connectivity index (χ4n) is 2.46. The molecular weight excluding hydrogens is 260 g/mol. The molecule has 1 aliphatic heterocycles. The van der Waals surface area contributed by atoms with Gasteiger partial charge in [0.25, 0.3) is 0 Å². The van der Waals surface area contributed by atoms with Crippen LogP contribution in [-0.2, 0) is 16.0 Å². The second-order valence-electron chi connectivity index (χ2n) is 5.44. The summed E-state index contributed by atoms with van der Waals surface area (Å²) in [6.07, 6.45) is 0.454. The van der Waals surface area contributed by atoms with Crippen LogP contribution in [0.5, 0.6) is 0 Å². The van der Waals surface area contributed by atoms with Gasteiger partial charge in [0.2, 0.25) is 17.7 Å². The molecule has 1 saturated heterocycles. The van der Waals surface area contributed by atoms with Gasteiger partial charge < -0.3 is 14.7 Å². The van der Waals surface area contributed by atoms with E-state index >= 15 is 0 Å². The van der Waals surface area contributed by atoms with E-state index in [1.54, 1.807) is 18.7 Å². The maximum Gasteiger partial charge on any atom is 0.245 e. The van der Waals surface area contributed by atoms with Crippen LogP contribution in [0.4, 0.5) is 0 Å². The Morgan fingerprint density at radius 3 is 2.65 bits per heavy atom. The summed E-state index contributed by atoms with van der Waals surface area (Å²) in [6.45, 7) is 7.70. The lowest BCUT2D eigenvalue weighted by Crippen LogP contribution is -2.64. The molecule has 2 heterocycles. The van der Waals surface area contributed by atoms with Gasteiger partial charge in [-0.3, -0.25) is 9.59 Å². The van der Waals surface area contributed by atoms with Crippen molar-refractivity contribution >= 4 is 11.8 Å². The Hall–Kier alpha value is -1.92. The molecule has 7 heteroatoms. The highest BCUT2D eigenvalue weighted by Gasteiger charge is 2.39. The first kappa shape index (κ1) is 14.5. The summed E-state index contributed by atoms with van der Waals surface area (Å²) in [5, 5.41) is 6.43. The summed E-state index contributed by atoms with van der Waals surface area (Å²) >= 11 is 0. The highest BCUT2D eigenvalue weighted by atomic mass is 16.5. The Balaban J connectivity index is 2.11. The van der Waals surface area contributed by atoms with E-state index in [0.29, 0.717) is 24.7 Å². The zero-order chi connectivity index (χ0) is 14.9. The van der Waals surface area contributed by atoms with Gasteiger partial charge in [-0.2, -0.15) is 4.98 Å². The van der Waals surface area contributed by atoms with Crippen molar-refractivity contribution in [2.24, 2.45) is 5.92 Å². The minimum atomic E-state index is -0.484. The third kappa shape index (κ3) is 2.81. The number of aryl methyl sites for hydroxylation is 1. The quantitative estimate of drug-likeness (QED) is 0.856. The molecule has 2 amide bonds. The molecule has 1 aromatic heterocycles. The lowest BCUT2D eigenvalue weighted by atomic mass is 9.97. The topological polar surface area (TPSA) is 88.3 Å². The van der Waals surface area contributed by atoms with E-state index in [9.17, 15) is 9.59 Å². The van der Waals surface area contributed by atoms with Crippen LogP contribution in [0.1, 0.15) is 32.5 Å². The molecule has 0 saturated carbocycles. The van der Waals surface area contributed by atoms with E-state index in [2.05, 4.69) is 15.5 Å². The first-order valence-electron chi connectivity index (χ1n) is 6.80. The fraction of sp³-hybridized carbons (Fsp3) is 0.692. The van der Waals surface area contributed by atoms with E-state index in [4.69, 9.17) is 4.52 Å². The maximum absolute atomic E-state index is 12.3. The molecule has 2 unspecified atom stereocenters. The van der Waals surface area contributed by atoms with Crippen LogP contribution in [-0.4, -0.2) is 45.5 Å². The van der Waals surface area contributed by atoms with E-state index in [0.717, 1.165) is 0 Å². The van der Waals surface area contributed by atoms with Crippen LogP contribution >= 0.6 is 0 Å². The number of aromatic nitrogens is 2. The molecule has 0 radical (unpaired) electrons. The summed E-state index contributed by atoms with van der Waals surface area (Å²) in [6, 6.07) is -0.926.